The van der Waals surface area contributed by atoms with Gasteiger partial charge in [0.1, 0.15) is 11.7 Å². The molecule has 0 aliphatic heterocycles. The Hall–Kier alpha value is -2.22. The van der Waals surface area contributed by atoms with Crippen LogP contribution < -0.4 is 10.6 Å². The fourth-order valence-electron chi connectivity index (χ4n) is 1.80. The summed E-state index contributed by atoms with van der Waals surface area (Å²) in [6.45, 7) is 8.65. The molecule has 0 heterocycles. The van der Waals surface area contributed by atoms with Gasteiger partial charge < -0.3 is 15.4 Å². The van der Waals surface area contributed by atoms with Gasteiger partial charge in [0.15, 0.2) is 0 Å². The summed E-state index contributed by atoms with van der Waals surface area (Å²) in [7, 11) is 0. The molecule has 2 N–H and O–H groups in total. The zero-order chi connectivity index (χ0) is 15.9. The van der Waals surface area contributed by atoms with Gasteiger partial charge in [0.2, 0.25) is 0 Å². The van der Waals surface area contributed by atoms with Gasteiger partial charge in [0, 0.05) is 13.1 Å². The molecule has 0 fully saturated rings. The predicted octanol–water partition coefficient (Wildman–Crippen LogP) is 3.19. The number of hydrogen-bond donors (Lipinski definition) is 2. The van der Waals surface area contributed by atoms with E-state index < -0.39 is 11.7 Å². The zero-order valence-corrected chi connectivity index (χ0v) is 13.1. The van der Waals surface area contributed by atoms with E-state index in [0.717, 1.165) is 17.7 Å². The van der Waals surface area contributed by atoms with Crippen LogP contribution in [-0.4, -0.2) is 24.8 Å². The minimum atomic E-state index is -0.481. The van der Waals surface area contributed by atoms with Crippen molar-refractivity contribution in [3.8, 4) is 6.07 Å². The molecule has 0 radical (unpaired) electrons. The minimum Gasteiger partial charge on any atom is -0.444 e. The number of aryl methyl sites for hydroxylation is 1. The van der Waals surface area contributed by atoms with Crippen molar-refractivity contribution in [1.82, 2.24) is 5.32 Å². The molecule has 114 valence electrons. The van der Waals surface area contributed by atoms with Crippen molar-refractivity contribution in [2.24, 2.45) is 0 Å². The Bertz CT molecular complexity index is 527. The number of nitriles is 1. The first kappa shape index (κ1) is 16.8. The summed E-state index contributed by atoms with van der Waals surface area (Å²) in [6, 6.07) is 7.78. The quantitative estimate of drug-likeness (QED) is 0.816. The second-order valence-electron chi connectivity index (χ2n) is 5.82. The van der Waals surface area contributed by atoms with Crippen molar-refractivity contribution < 1.29 is 9.53 Å². The Balaban J connectivity index is 2.33. The molecule has 5 heteroatoms. The molecule has 0 atom stereocenters. The van der Waals surface area contributed by atoms with Crippen LogP contribution in [0.15, 0.2) is 18.2 Å². The molecule has 1 aromatic rings. The third-order valence-electron chi connectivity index (χ3n) is 2.72. The first-order valence-corrected chi connectivity index (χ1v) is 7.04. The largest absolute Gasteiger partial charge is 0.444 e. The highest BCUT2D eigenvalue weighted by Gasteiger charge is 2.15. The molecule has 0 aliphatic rings. The number of benzene rings is 1. The second-order valence-corrected chi connectivity index (χ2v) is 5.82. The number of amides is 1. The van der Waals surface area contributed by atoms with Gasteiger partial charge in [0.05, 0.1) is 11.3 Å². The number of nitrogens with one attached hydrogen (secondary N) is 2. The monoisotopic (exact) mass is 289 g/mol. The molecule has 0 aromatic heterocycles. The molecule has 1 rings (SSSR count). The summed E-state index contributed by atoms with van der Waals surface area (Å²) < 4.78 is 5.14. The van der Waals surface area contributed by atoms with Gasteiger partial charge >= 0.3 is 6.09 Å². The van der Waals surface area contributed by atoms with Crippen molar-refractivity contribution >= 4 is 11.8 Å². The van der Waals surface area contributed by atoms with Gasteiger partial charge in [-0.2, -0.15) is 5.26 Å². The van der Waals surface area contributed by atoms with Crippen molar-refractivity contribution in [2.75, 3.05) is 18.4 Å². The smallest absolute Gasteiger partial charge is 0.407 e. The Morgan fingerprint density at radius 3 is 2.67 bits per heavy atom. The van der Waals surface area contributed by atoms with Crippen LogP contribution in [0.25, 0.3) is 0 Å². The van der Waals surface area contributed by atoms with Crippen LogP contribution in [0.1, 0.15) is 38.3 Å². The van der Waals surface area contributed by atoms with E-state index >= 15 is 0 Å². The number of alkyl carbamates (subject to hydrolysis) is 1. The highest BCUT2D eigenvalue weighted by atomic mass is 16.6. The average Bonchev–Trinajstić information content (AvgIpc) is 2.37. The number of nitrogens with zero attached hydrogens (tertiary/aromatic N) is 1. The molecular weight excluding hydrogens is 266 g/mol. The Morgan fingerprint density at radius 1 is 1.33 bits per heavy atom. The first-order chi connectivity index (χ1) is 9.83. The van der Waals surface area contributed by atoms with Crippen molar-refractivity contribution in [1.29, 1.82) is 5.26 Å². The van der Waals surface area contributed by atoms with Crippen LogP contribution in [0, 0.1) is 18.3 Å². The third kappa shape index (κ3) is 6.17. The molecule has 21 heavy (non-hydrogen) atoms. The summed E-state index contributed by atoms with van der Waals surface area (Å²) in [6.07, 6.45) is 0.342. The standard InChI is InChI=1S/C16H23N3O2/c1-12-7-5-8-13(11-17)14(12)18-9-6-10-19-15(20)21-16(2,3)4/h5,7-8,18H,6,9-10H2,1-4H3,(H,19,20). The van der Waals surface area contributed by atoms with E-state index in [1.807, 2.05) is 39.8 Å². The molecule has 0 unspecified atom stereocenters. The van der Waals surface area contributed by atoms with E-state index in [-0.39, 0.29) is 0 Å². The first-order valence-electron chi connectivity index (χ1n) is 7.04. The average molecular weight is 289 g/mol. The highest BCUT2D eigenvalue weighted by Crippen LogP contribution is 2.19. The topological polar surface area (TPSA) is 74.2 Å². The van der Waals surface area contributed by atoms with E-state index in [0.29, 0.717) is 18.7 Å². The zero-order valence-electron chi connectivity index (χ0n) is 13.1. The van der Waals surface area contributed by atoms with Crippen LogP contribution in [0.2, 0.25) is 0 Å². The lowest BCUT2D eigenvalue weighted by atomic mass is 10.1. The van der Waals surface area contributed by atoms with Gasteiger partial charge in [-0.25, -0.2) is 4.79 Å². The number of hydrogen-bond acceptors (Lipinski definition) is 4. The van der Waals surface area contributed by atoms with Crippen LogP contribution in [0.5, 0.6) is 0 Å². The fraction of sp³-hybridized carbons (Fsp3) is 0.500. The van der Waals surface area contributed by atoms with Gasteiger partial charge in [0.25, 0.3) is 0 Å². The fourth-order valence-corrected chi connectivity index (χ4v) is 1.80. The van der Waals surface area contributed by atoms with E-state index in [1.54, 1.807) is 6.07 Å². The molecule has 0 aliphatic carbocycles. The van der Waals surface area contributed by atoms with E-state index in [9.17, 15) is 4.79 Å². The minimum absolute atomic E-state index is 0.406. The van der Waals surface area contributed by atoms with Crippen LogP contribution in [0.4, 0.5) is 10.5 Å². The lowest BCUT2D eigenvalue weighted by molar-refractivity contribution is 0.0528. The summed E-state index contributed by atoms with van der Waals surface area (Å²) in [5.74, 6) is 0. The maximum atomic E-state index is 11.4. The molecule has 1 aromatic carbocycles. The predicted molar refractivity (Wildman–Crippen MR) is 83.2 cm³/mol. The number of para-hydroxylation sites is 1. The maximum absolute atomic E-state index is 11.4. The van der Waals surface area contributed by atoms with E-state index in [1.165, 1.54) is 0 Å². The number of anilines is 1. The highest BCUT2D eigenvalue weighted by molar-refractivity contribution is 5.67. The lowest BCUT2D eigenvalue weighted by Gasteiger charge is -2.19. The number of carbonyl (C=O) groups excluding carboxylic acids is 1. The summed E-state index contributed by atoms with van der Waals surface area (Å²) in [4.78, 5) is 11.4. The Kier molecular flexibility index (Phi) is 6.04. The van der Waals surface area contributed by atoms with Crippen LogP contribution >= 0.6 is 0 Å². The molecule has 1 amide bonds. The van der Waals surface area contributed by atoms with Crippen LogP contribution in [-0.2, 0) is 4.74 Å². The second kappa shape index (κ2) is 7.53. The third-order valence-corrected chi connectivity index (χ3v) is 2.72. The van der Waals surface area contributed by atoms with Crippen molar-refractivity contribution in [2.45, 2.75) is 39.7 Å². The maximum Gasteiger partial charge on any atom is 0.407 e. The SMILES string of the molecule is Cc1cccc(C#N)c1NCCCNC(=O)OC(C)(C)C. The van der Waals surface area contributed by atoms with E-state index in [4.69, 9.17) is 10.00 Å². The van der Waals surface area contributed by atoms with Crippen molar-refractivity contribution in [3.05, 3.63) is 29.3 Å². The molecular formula is C16H23N3O2. The van der Waals surface area contributed by atoms with Gasteiger partial charge in [-0.3, -0.25) is 0 Å². The summed E-state index contributed by atoms with van der Waals surface area (Å²) >= 11 is 0. The van der Waals surface area contributed by atoms with Gasteiger partial charge in [-0.05, 0) is 45.7 Å². The lowest BCUT2D eigenvalue weighted by Crippen LogP contribution is -2.33. The molecule has 5 nitrogen and oxygen atoms in total. The number of carbonyl (C=O) groups is 1. The molecule has 0 spiro atoms. The summed E-state index contributed by atoms with van der Waals surface area (Å²) in [5, 5.41) is 15.0. The Labute approximate surface area is 126 Å². The van der Waals surface area contributed by atoms with Crippen molar-refractivity contribution in [3.63, 3.8) is 0 Å². The van der Waals surface area contributed by atoms with Crippen LogP contribution in [0.3, 0.4) is 0 Å². The normalized spacial score (nSPS) is 10.6. The summed E-state index contributed by atoms with van der Waals surface area (Å²) in [5.41, 5.74) is 2.05. The van der Waals surface area contributed by atoms with Gasteiger partial charge in [-0.15, -0.1) is 0 Å². The number of rotatable bonds is 5. The molecule has 0 saturated carbocycles. The molecule has 0 saturated heterocycles. The van der Waals surface area contributed by atoms with E-state index in [2.05, 4.69) is 16.7 Å². The number of ether oxygens (including phenoxy) is 1. The molecule has 0 bridgehead atoms. The van der Waals surface area contributed by atoms with Gasteiger partial charge in [-0.1, -0.05) is 12.1 Å². The Morgan fingerprint density at radius 2 is 2.05 bits per heavy atom.